The summed E-state index contributed by atoms with van der Waals surface area (Å²) in [4.78, 5) is 33.6. The lowest BCUT2D eigenvalue weighted by molar-refractivity contribution is -0.122. The van der Waals surface area contributed by atoms with Gasteiger partial charge in [-0.2, -0.15) is 19.0 Å². The van der Waals surface area contributed by atoms with Gasteiger partial charge < -0.3 is 10.5 Å². The smallest absolute Gasteiger partial charge is 0.293 e. The van der Waals surface area contributed by atoms with Crippen molar-refractivity contribution < 1.29 is 48.7 Å². The Hall–Kier alpha value is -6.48. The van der Waals surface area contributed by atoms with Crippen LogP contribution >= 0.6 is 11.6 Å². The van der Waals surface area contributed by atoms with Gasteiger partial charge in [0.05, 0.1) is 58.3 Å². The second kappa shape index (κ2) is 15.6. The number of aryl methyl sites for hydroxylation is 1. The van der Waals surface area contributed by atoms with Crippen LogP contribution < -0.4 is 20.3 Å². The predicted molar refractivity (Wildman–Crippen MR) is 224 cm³/mol. The molecule has 0 radical (unpaired) electrons. The van der Waals surface area contributed by atoms with Crippen molar-refractivity contribution in [2.75, 3.05) is 17.7 Å². The molecule has 1 saturated carbocycles. The van der Waals surface area contributed by atoms with Crippen LogP contribution in [0.3, 0.4) is 0 Å². The van der Waals surface area contributed by atoms with Gasteiger partial charge in [-0.25, -0.2) is 44.3 Å². The molecule has 2 N–H and O–H groups in total. The molecule has 65 heavy (non-hydrogen) atoms. The molecule has 1 amide bonds. The normalized spacial score (nSPS) is 17.4. The summed E-state index contributed by atoms with van der Waals surface area (Å²) >= 11 is 6.85. The van der Waals surface area contributed by atoms with Crippen LogP contribution in [0.15, 0.2) is 77.6 Å². The molecular formula is C43H34ClF7N8O5S. The second-order valence-corrected chi connectivity index (χ2v) is 18.3. The quantitative estimate of drug-likeness (QED) is 0.115. The maximum atomic E-state index is 16.2. The highest BCUT2D eigenvalue weighted by molar-refractivity contribution is 7.92. The van der Waals surface area contributed by atoms with E-state index in [1.165, 1.54) is 31.0 Å². The third-order valence-electron chi connectivity index (χ3n) is 11.9. The molecular weight excluding hydrogens is 909 g/mol. The van der Waals surface area contributed by atoms with E-state index in [9.17, 15) is 35.2 Å². The SMILES string of the molecule is COc1ccc(CN(c2nn(C)c3c(-n4c([C@@H](Cc5cc(F)cc(F)c5)C(C(N)=O)n5nc(C(F)F)c6c5C(F)(F)[C@@H]5C[C@H]65)nc5cc(F)ccc5c4=O)ccc(Cl)c23)S(C)(=O)=O)cc1. The Bertz CT molecular complexity index is 3270. The molecule has 7 aromatic rings. The number of ether oxygens (including phenoxy) is 1. The number of fused-ring (bicyclic) bond motifs is 5. The minimum absolute atomic E-state index is 0.0248. The molecule has 4 aromatic carbocycles. The van der Waals surface area contributed by atoms with Crippen LogP contribution in [-0.2, 0) is 40.8 Å². The van der Waals surface area contributed by atoms with Crippen LogP contribution in [0.1, 0.15) is 64.6 Å². The summed E-state index contributed by atoms with van der Waals surface area (Å²) in [6, 6.07) is 12.1. The van der Waals surface area contributed by atoms with Crippen molar-refractivity contribution in [2.24, 2.45) is 18.7 Å². The van der Waals surface area contributed by atoms with Crippen molar-refractivity contribution in [3.63, 3.8) is 0 Å². The maximum absolute atomic E-state index is 16.2. The van der Waals surface area contributed by atoms with Crippen molar-refractivity contribution in [3.05, 3.63) is 140 Å². The third-order valence-corrected chi connectivity index (χ3v) is 13.3. The number of aromatic nitrogens is 6. The van der Waals surface area contributed by atoms with Gasteiger partial charge in [-0.05, 0) is 78.4 Å². The van der Waals surface area contributed by atoms with Gasteiger partial charge in [-0.1, -0.05) is 23.7 Å². The molecule has 0 saturated heterocycles. The predicted octanol–water partition coefficient (Wildman–Crippen LogP) is 7.71. The summed E-state index contributed by atoms with van der Waals surface area (Å²) in [5, 5.41) is 8.10. The topological polar surface area (TPSA) is 160 Å². The fourth-order valence-corrected chi connectivity index (χ4v) is 10.1. The fourth-order valence-electron chi connectivity index (χ4n) is 9.03. The number of anilines is 1. The first kappa shape index (κ1) is 43.8. The first-order valence-electron chi connectivity index (χ1n) is 19.7. The fraction of sp³-hybridized carbons (Fsp3) is 0.279. The summed E-state index contributed by atoms with van der Waals surface area (Å²) in [6.45, 7) is -0.266. The number of amides is 1. The van der Waals surface area contributed by atoms with Crippen LogP contribution in [0.2, 0.25) is 5.02 Å². The van der Waals surface area contributed by atoms with Gasteiger partial charge in [-0.15, -0.1) is 0 Å². The Kier molecular flexibility index (Phi) is 10.5. The Balaban J connectivity index is 1.35. The highest BCUT2D eigenvalue weighted by Crippen LogP contribution is 2.68. The van der Waals surface area contributed by atoms with Crippen molar-refractivity contribution in [2.45, 2.75) is 49.6 Å². The van der Waals surface area contributed by atoms with Gasteiger partial charge >= 0.3 is 0 Å². The van der Waals surface area contributed by atoms with E-state index in [4.69, 9.17) is 22.1 Å². The molecule has 9 rings (SSSR count). The zero-order valence-electron chi connectivity index (χ0n) is 34.1. The molecule has 13 nitrogen and oxygen atoms in total. The van der Waals surface area contributed by atoms with E-state index in [-0.39, 0.29) is 56.9 Å². The van der Waals surface area contributed by atoms with E-state index in [1.54, 1.807) is 24.3 Å². The number of methoxy groups -OCH3 is 1. The molecule has 1 unspecified atom stereocenters. The summed E-state index contributed by atoms with van der Waals surface area (Å²) in [5.74, 6) is -12.9. The van der Waals surface area contributed by atoms with Crippen LogP contribution in [0.5, 0.6) is 5.75 Å². The molecule has 0 aliphatic heterocycles. The number of alkyl halides is 4. The minimum Gasteiger partial charge on any atom is -0.497 e. The molecule has 4 atom stereocenters. The zero-order valence-corrected chi connectivity index (χ0v) is 35.7. The standard InChI is InChI=1S/C43H34ClF7N8O5S/c1-56-36-31(11-10-29(44)33(36)41(55-56)57(65(3,62)63)18-19-4-7-24(64-2)8-5-19)58-40(53-30-16-21(45)6-9-25(30)42(58)61)27(14-20-12-22(46)15-23(47)13-20)35(39(52)60)59-37-32(34(54-59)38(48)49)26-17-28(26)43(37,50)51/h4-13,15-16,26-28,35,38H,14,17-18H2,1-3H3,(H2,52,60)/t26-,27-,28+,35?/m0/s1. The Morgan fingerprint density at radius 3 is 2.31 bits per heavy atom. The Morgan fingerprint density at radius 1 is 0.985 bits per heavy atom. The molecule has 22 heteroatoms. The molecule has 2 aliphatic rings. The molecule has 2 aliphatic carbocycles. The number of benzene rings is 4. The monoisotopic (exact) mass is 942 g/mol. The van der Waals surface area contributed by atoms with Crippen molar-refractivity contribution in [3.8, 4) is 11.4 Å². The number of carbonyl (C=O) groups excluding carboxylic acids is 1. The zero-order chi connectivity index (χ0) is 46.6. The largest absolute Gasteiger partial charge is 0.497 e. The molecule has 338 valence electrons. The van der Waals surface area contributed by atoms with Gasteiger partial charge in [0.15, 0.2) is 5.82 Å². The summed E-state index contributed by atoms with van der Waals surface area (Å²) < 4.78 is 142. The van der Waals surface area contributed by atoms with Crippen LogP contribution in [-0.4, -0.2) is 56.8 Å². The first-order valence-corrected chi connectivity index (χ1v) is 21.9. The number of hydrogen-bond donors (Lipinski definition) is 1. The number of primary amides is 1. The lowest BCUT2D eigenvalue weighted by Crippen LogP contribution is -2.39. The van der Waals surface area contributed by atoms with E-state index < -0.39 is 104 Å². The van der Waals surface area contributed by atoms with E-state index in [0.717, 1.165) is 45.5 Å². The van der Waals surface area contributed by atoms with Gasteiger partial charge in [0.1, 0.15) is 46.5 Å². The number of carbonyl (C=O) groups is 1. The molecule has 0 spiro atoms. The minimum atomic E-state index is -4.17. The molecule has 0 bridgehead atoms. The number of nitrogens with zero attached hydrogens (tertiary/aromatic N) is 7. The van der Waals surface area contributed by atoms with Gasteiger partial charge in [0.25, 0.3) is 17.9 Å². The van der Waals surface area contributed by atoms with Crippen molar-refractivity contribution in [1.29, 1.82) is 0 Å². The van der Waals surface area contributed by atoms with Crippen molar-refractivity contribution >= 4 is 55.2 Å². The third kappa shape index (κ3) is 7.33. The van der Waals surface area contributed by atoms with Crippen LogP contribution in [0, 0.1) is 23.4 Å². The number of rotatable bonds is 13. The van der Waals surface area contributed by atoms with E-state index in [1.807, 2.05) is 0 Å². The van der Waals surface area contributed by atoms with Gasteiger partial charge in [0.2, 0.25) is 15.9 Å². The number of hydrogen-bond acceptors (Lipinski definition) is 8. The highest BCUT2D eigenvalue weighted by Gasteiger charge is 2.68. The Morgan fingerprint density at radius 2 is 1.68 bits per heavy atom. The van der Waals surface area contributed by atoms with Crippen LogP contribution in [0.4, 0.5) is 36.6 Å². The van der Waals surface area contributed by atoms with Crippen molar-refractivity contribution in [1.82, 2.24) is 29.1 Å². The van der Waals surface area contributed by atoms with Gasteiger partial charge in [-0.3, -0.25) is 18.8 Å². The number of sulfonamides is 1. The van der Waals surface area contributed by atoms with Crippen LogP contribution in [0.25, 0.3) is 27.5 Å². The summed E-state index contributed by atoms with van der Waals surface area (Å²) in [5.41, 5.74) is 2.32. The second-order valence-electron chi connectivity index (χ2n) is 16.0. The number of nitrogens with two attached hydrogens (primary N) is 1. The molecule has 1 fully saturated rings. The maximum Gasteiger partial charge on any atom is 0.293 e. The highest BCUT2D eigenvalue weighted by atomic mass is 35.5. The molecule has 3 aromatic heterocycles. The number of halogens is 8. The summed E-state index contributed by atoms with van der Waals surface area (Å²) in [6.07, 6.45) is -3.32. The average Bonchev–Trinajstić information content (AvgIpc) is 3.74. The van der Waals surface area contributed by atoms with E-state index >= 15 is 13.6 Å². The van der Waals surface area contributed by atoms with Gasteiger partial charge in [0, 0.05) is 30.7 Å². The summed E-state index contributed by atoms with van der Waals surface area (Å²) in [7, 11) is -1.30. The lowest BCUT2D eigenvalue weighted by atomic mass is 9.89. The van der Waals surface area contributed by atoms with E-state index in [0.29, 0.717) is 22.1 Å². The lowest BCUT2D eigenvalue weighted by Gasteiger charge is -2.30. The average molecular weight is 943 g/mol. The molecule has 3 heterocycles. The Labute approximate surface area is 368 Å². The first-order chi connectivity index (χ1) is 30.7. The van der Waals surface area contributed by atoms with E-state index in [2.05, 4.69) is 15.2 Å².